The number of benzene rings is 1. The number of carbonyl (C=O) groups is 2. The van der Waals surface area contributed by atoms with E-state index >= 15 is 0 Å². The van der Waals surface area contributed by atoms with E-state index in [1.54, 1.807) is 0 Å². The Morgan fingerprint density at radius 1 is 1.29 bits per heavy atom. The smallest absolute Gasteiger partial charge is 0.305 e. The van der Waals surface area contributed by atoms with Crippen LogP contribution in [0.25, 0.3) is 0 Å². The highest BCUT2D eigenvalue weighted by Gasteiger charge is 2.24. The lowest BCUT2D eigenvalue weighted by atomic mass is 9.92. The number of rotatable bonds is 5. The minimum absolute atomic E-state index is 0.119. The fourth-order valence-corrected chi connectivity index (χ4v) is 2.44. The predicted molar refractivity (Wildman–Crippen MR) is 76.0 cm³/mol. The average molecular weight is 291 g/mol. The minimum Gasteiger partial charge on any atom is -0.481 e. The Labute approximate surface area is 122 Å². The maximum Gasteiger partial charge on any atom is 0.305 e. The van der Waals surface area contributed by atoms with E-state index in [2.05, 4.69) is 5.32 Å². The van der Waals surface area contributed by atoms with Crippen molar-refractivity contribution in [2.24, 2.45) is 5.92 Å². The largest absolute Gasteiger partial charge is 0.481 e. The molecule has 1 aromatic rings. The van der Waals surface area contributed by atoms with Crippen molar-refractivity contribution in [3.05, 3.63) is 47.8 Å². The zero-order valence-corrected chi connectivity index (χ0v) is 11.6. The SMILES string of the molecule is O=C(O)C[C@H](NC(=O)[C@@H]1CC=CCC1)c1ccc(F)cc1. The summed E-state index contributed by atoms with van der Waals surface area (Å²) in [4.78, 5) is 23.2. The van der Waals surface area contributed by atoms with Crippen LogP contribution in [0.1, 0.15) is 37.3 Å². The normalized spacial score (nSPS) is 19.0. The van der Waals surface area contributed by atoms with Crippen LogP contribution in [0.5, 0.6) is 0 Å². The van der Waals surface area contributed by atoms with E-state index in [9.17, 15) is 14.0 Å². The maximum absolute atomic E-state index is 13.0. The van der Waals surface area contributed by atoms with Crippen molar-refractivity contribution in [1.82, 2.24) is 5.32 Å². The molecule has 1 aliphatic carbocycles. The van der Waals surface area contributed by atoms with Crippen LogP contribution in [-0.4, -0.2) is 17.0 Å². The molecule has 0 saturated heterocycles. The lowest BCUT2D eigenvalue weighted by Gasteiger charge is -2.22. The molecule has 0 fully saturated rings. The number of halogens is 1. The van der Waals surface area contributed by atoms with E-state index in [1.807, 2.05) is 12.2 Å². The molecule has 5 heteroatoms. The van der Waals surface area contributed by atoms with Gasteiger partial charge in [-0.1, -0.05) is 24.3 Å². The van der Waals surface area contributed by atoms with Gasteiger partial charge in [-0.3, -0.25) is 9.59 Å². The standard InChI is InChI=1S/C16H18FNO3/c17-13-8-6-11(7-9-13)14(10-15(19)20)18-16(21)12-4-2-1-3-5-12/h1-2,6-9,12,14H,3-5,10H2,(H,18,21)(H,19,20)/t12-,14+/m1/s1. The van der Waals surface area contributed by atoms with E-state index in [4.69, 9.17) is 5.11 Å². The molecule has 1 aromatic carbocycles. The minimum atomic E-state index is -1.01. The first kappa shape index (κ1) is 15.2. The fraction of sp³-hybridized carbons (Fsp3) is 0.375. The molecule has 0 spiro atoms. The maximum atomic E-state index is 13.0. The van der Waals surface area contributed by atoms with Crippen LogP contribution in [0.4, 0.5) is 4.39 Å². The molecule has 0 heterocycles. The molecule has 1 aliphatic rings. The van der Waals surface area contributed by atoms with Gasteiger partial charge < -0.3 is 10.4 Å². The highest BCUT2D eigenvalue weighted by Crippen LogP contribution is 2.22. The van der Waals surface area contributed by atoms with Gasteiger partial charge in [0.25, 0.3) is 0 Å². The van der Waals surface area contributed by atoms with E-state index in [0.717, 1.165) is 12.8 Å². The molecule has 0 bridgehead atoms. The van der Waals surface area contributed by atoms with Crippen molar-refractivity contribution in [3.63, 3.8) is 0 Å². The van der Waals surface area contributed by atoms with Crippen molar-refractivity contribution >= 4 is 11.9 Å². The number of carbonyl (C=O) groups excluding carboxylic acids is 1. The number of aliphatic carboxylic acids is 1. The molecule has 0 saturated carbocycles. The molecule has 2 N–H and O–H groups in total. The molecule has 0 radical (unpaired) electrons. The number of carboxylic acids is 1. The molecule has 0 aliphatic heterocycles. The number of carboxylic acid groups (broad SMARTS) is 1. The summed E-state index contributed by atoms with van der Waals surface area (Å²) < 4.78 is 13.0. The van der Waals surface area contributed by atoms with Gasteiger partial charge in [-0.25, -0.2) is 4.39 Å². The first-order chi connectivity index (χ1) is 10.1. The Morgan fingerprint density at radius 3 is 2.57 bits per heavy atom. The second-order valence-electron chi connectivity index (χ2n) is 5.19. The third kappa shape index (κ3) is 4.41. The van der Waals surface area contributed by atoms with E-state index in [0.29, 0.717) is 12.0 Å². The number of hydrogen-bond acceptors (Lipinski definition) is 2. The first-order valence-electron chi connectivity index (χ1n) is 6.99. The zero-order chi connectivity index (χ0) is 15.2. The van der Waals surface area contributed by atoms with Crippen LogP contribution < -0.4 is 5.32 Å². The summed E-state index contributed by atoms with van der Waals surface area (Å²) in [5, 5.41) is 11.8. The van der Waals surface area contributed by atoms with E-state index in [1.165, 1.54) is 24.3 Å². The van der Waals surface area contributed by atoms with Crippen LogP contribution >= 0.6 is 0 Å². The van der Waals surface area contributed by atoms with E-state index in [-0.39, 0.29) is 18.2 Å². The van der Waals surface area contributed by atoms with Gasteiger partial charge in [0, 0.05) is 5.92 Å². The third-order valence-electron chi connectivity index (χ3n) is 3.61. The highest BCUT2D eigenvalue weighted by molar-refractivity contribution is 5.80. The van der Waals surface area contributed by atoms with Gasteiger partial charge in [-0.15, -0.1) is 0 Å². The highest BCUT2D eigenvalue weighted by atomic mass is 19.1. The quantitative estimate of drug-likeness (QED) is 0.820. The molecule has 21 heavy (non-hydrogen) atoms. The topological polar surface area (TPSA) is 66.4 Å². The molecule has 2 atom stereocenters. The van der Waals surface area contributed by atoms with Crippen LogP contribution in [0, 0.1) is 11.7 Å². The third-order valence-corrected chi connectivity index (χ3v) is 3.61. The lowest BCUT2D eigenvalue weighted by Crippen LogP contribution is -2.35. The van der Waals surface area contributed by atoms with Crippen molar-refractivity contribution in [2.45, 2.75) is 31.7 Å². The zero-order valence-electron chi connectivity index (χ0n) is 11.6. The Morgan fingerprint density at radius 2 is 2.00 bits per heavy atom. The number of amides is 1. The van der Waals surface area contributed by atoms with Crippen molar-refractivity contribution < 1.29 is 19.1 Å². The summed E-state index contributed by atoms with van der Waals surface area (Å²) in [6.45, 7) is 0. The molecule has 2 rings (SSSR count). The predicted octanol–water partition coefficient (Wildman–Crippen LogP) is 2.81. The molecule has 112 valence electrons. The van der Waals surface area contributed by atoms with Gasteiger partial charge in [0.05, 0.1) is 12.5 Å². The van der Waals surface area contributed by atoms with E-state index < -0.39 is 17.8 Å². The number of allylic oxidation sites excluding steroid dienone is 2. The second kappa shape index (κ2) is 7.02. The summed E-state index contributed by atoms with van der Waals surface area (Å²) in [5.74, 6) is -1.66. The monoisotopic (exact) mass is 291 g/mol. The van der Waals surface area contributed by atoms with Crippen LogP contribution in [0.2, 0.25) is 0 Å². The van der Waals surface area contributed by atoms with Crippen molar-refractivity contribution in [2.75, 3.05) is 0 Å². The van der Waals surface area contributed by atoms with Gasteiger partial charge in [-0.2, -0.15) is 0 Å². The molecule has 0 aromatic heterocycles. The summed E-state index contributed by atoms with van der Waals surface area (Å²) in [5.41, 5.74) is 0.596. The van der Waals surface area contributed by atoms with Gasteiger partial charge in [0.1, 0.15) is 5.82 Å². The van der Waals surface area contributed by atoms with Crippen LogP contribution in [0.15, 0.2) is 36.4 Å². The lowest BCUT2D eigenvalue weighted by molar-refractivity contribution is -0.138. The summed E-state index contributed by atoms with van der Waals surface area (Å²) >= 11 is 0. The first-order valence-corrected chi connectivity index (χ1v) is 6.99. The molecule has 0 unspecified atom stereocenters. The van der Waals surface area contributed by atoms with Crippen LogP contribution in [-0.2, 0) is 9.59 Å². The molecule has 1 amide bonds. The molecular weight excluding hydrogens is 273 g/mol. The summed E-state index contributed by atoms with van der Waals surface area (Å²) in [6.07, 6.45) is 6.09. The average Bonchev–Trinajstić information content (AvgIpc) is 2.48. The van der Waals surface area contributed by atoms with Crippen LogP contribution in [0.3, 0.4) is 0 Å². The van der Waals surface area contributed by atoms with Crippen molar-refractivity contribution in [1.29, 1.82) is 0 Å². The van der Waals surface area contributed by atoms with Gasteiger partial charge in [-0.05, 0) is 37.0 Å². The Balaban J connectivity index is 2.08. The molecular formula is C16H18FNO3. The van der Waals surface area contributed by atoms with Gasteiger partial charge in [0.2, 0.25) is 5.91 Å². The number of nitrogens with one attached hydrogen (secondary N) is 1. The summed E-state index contributed by atoms with van der Waals surface area (Å²) in [7, 11) is 0. The molecule has 4 nitrogen and oxygen atoms in total. The Hall–Kier alpha value is -2.17. The second-order valence-corrected chi connectivity index (χ2v) is 5.19. The Kier molecular flexibility index (Phi) is 5.09. The van der Waals surface area contributed by atoms with Gasteiger partial charge in [0.15, 0.2) is 0 Å². The van der Waals surface area contributed by atoms with Gasteiger partial charge >= 0.3 is 5.97 Å². The summed E-state index contributed by atoms with van der Waals surface area (Å²) in [6, 6.07) is 4.90. The van der Waals surface area contributed by atoms with Crippen molar-refractivity contribution in [3.8, 4) is 0 Å². The Bertz CT molecular complexity index is 539. The fourth-order valence-electron chi connectivity index (χ4n) is 2.44. The number of hydrogen-bond donors (Lipinski definition) is 2.